The molecule has 0 fully saturated rings. The van der Waals surface area contributed by atoms with E-state index in [-0.39, 0.29) is 6.61 Å². The maximum atomic E-state index is 8.52. The number of nitriles is 1. The van der Waals surface area contributed by atoms with Gasteiger partial charge in [-0.1, -0.05) is 19.1 Å². The third-order valence-corrected chi connectivity index (χ3v) is 2.56. The topological polar surface area (TPSA) is 45.0 Å². The Balaban J connectivity index is 2.75. The van der Waals surface area contributed by atoms with E-state index >= 15 is 0 Å². The van der Waals surface area contributed by atoms with Crippen molar-refractivity contribution in [2.24, 2.45) is 0 Å². The van der Waals surface area contributed by atoms with E-state index in [4.69, 9.17) is 10.00 Å². The molecule has 0 aliphatic rings. The van der Waals surface area contributed by atoms with Gasteiger partial charge in [0, 0.05) is 6.54 Å². The molecule has 0 unspecified atom stereocenters. The number of nitrogens with one attached hydrogen (secondary N) is 1. The Hall–Kier alpha value is -1.53. The molecular weight excluding hydrogens is 212 g/mol. The van der Waals surface area contributed by atoms with Gasteiger partial charge < -0.3 is 10.1 Å². The van der Waals surface area contributed by atoms with Gasteiger partial charge in [0.2, 0.25) is 0 Å². The van der Waals surface area contributed by atoms with Gasteiger partial charge in [-0.3, -0.25) is 0 Å². The molecule has 17 heavy (non-hydrogen) atoms. The molecule has 0 amide bonds. The van der Waals surface area contributed by atoms with Crippen LogP contribution >= 0.6 is 0 Å². The maximum absolute atomic E-state index is 8.52. The van der Waals surface area contributed by atoms with Gasteiger partial charge >= 0.3 is 0 Å². The van der Waals surface area contributed by atoms with E-state index in [1.54, 1.807) is 0 Å². The molecule has 3 heteroatoms. The summed E-state index contributed by atoms with van der Waals surface area (Å²) in [5, 5.41) is 11.9. The van der Waals surface area contributed by atoms with Crippen LogP contribution in [0, 0.1) is 25.2 Å². The van der Waals surface area contributed by atoms with Crippen LogP contribution in [0.1, 0.15) is 30.0 Å². The fourth-order valence-electron chi connectivity index (χ4n) is 1.88. The Labute approximate surface area is 103 Å². The predicted molar refractivity (Wildman–Crippen MR) is 69.0 cm³/mol. The first-order valence-corrected chi connectivity index (χ1v) is 5.99. The second-order valence-corrected chi connectivity index (χ2v) is 4.18. The number of nitrogens with zero attached hydrogens (tertiary/aromatic N) is 1. The van der Waals surface area contributed by atoms with Crippen molar-refractivity contribution in [3.05, 3.63) is 28.8 Å². The van der Waals surface area contributed by atoms with Gasteiger partial charge in [-0.05, 0) is 43.5 Å². The molecule has 0 radical (unpaired) electrons. The van der Waals surface area contributed by atoms with E-state index in [0.717, 1.165) is 36.4 Å². The van der Waals surface area contributed by atoms with Gasteiger partial charge in [-0.25, -0.2) is 0 Å². The summed E-state index contributed by atoms with van der Waals surface area (Å²) in [5.74, 6) is 0.839. The minimum Gasteiger partial charge on any atom is -0.478 e. The fourth-order valence-corrected chi connectivity index (χ4v) is 1.88. The zero-order chi connectivity index (χ0) is 12.7. The molecule has 1 aromatic rings. The number of aryl methyl sites for hydroxylation is 2. The lowest BCUT2D eigenvalue weighted by atomic mass is 10.1. The first kappa shape index (κ1) is 13.5. The predicted octanol–water partition coefficient (Wildman–Crippen LogP) is 2.71. The average Bonchev–Trinajstić information content (AvgIpc) is 2.28. The van der Waals surface area contributed by atoms with Crippen LogP contribution in [-0.2, 0) is 6.54 Å². The molecule has 0 saturated carbocycles. The third kappa shape index (κ3) is 4.08. The monoisotopic (exact) mass is 232 g/mol. The van der Waals surface area contributed by atoms with Crippen LogP contribution in [0.4, 0.5) is 0 Å². The second-order valence-electron chi connectivity index (χ2n) is 4.18. The smallest absolute Gasteiger partial charge is 0.174 e. The van der Waals surface area contributed by atoms with Gasteiger partial charge in [-0.15, -0.1) is 0 Å². The van der Waals surface area contributed by atoms with E-state index < -0.39 is 0 Å². The van der Waals surface area contributed by atoms with Crippen LogP contribution in [0.25, 0.3) is 0 Å². The minimum absolute atomic E-state index is 0.106. The summed E-state index contributed by atoms with van der Waals surface area (Å²) in [7, 11) is 0. The molecule has 0 heterocycles. The summed E-state index contributed by atoms with van der Waals surface area (Å²) >= 11 is 0. The highest BCUT2D eigenvalue weighted by Gasteiger charge is 2.06. The van der Waals surface area contributed by atoms with Crippen LogP contribution in [0.2, 0.25) is 0 Å². The summed E-state index contributed by atoms with van der Waals surface area (Å²) in [4.78, 5) is 0. The van der Waals surface area contributed by atoms with Crippen LogP contribution in [-0.4, -0.2) is 13.2 Å². The highest BCUT2D eigenvalue weighted by molar-refractivity contribution is 5.43. The number of hydrogen-bond donors (Lipinski definition) is 1. The van der Waals surface area contributed by atoms with E-state index in [1.165, 1.54) is 5.56 Å². The molecular formula is C14H20N2O. The van der Waals surface area contributed by atoms with Crippen molar-refractivity contribution in [1.82, 2.24) is 5.32 Å². The molecule has 0 atom stereocenters. The molecule has 0 aliphatic carbocycles. The van der Waals surface area contributed by atoms with Crippen molar-refractivity contribution in [1.29, 1.82) is 5.26 Å². The van der Waals surface area contributed by atoms with E-state index in [0.29, 0.717) is 0 Å². The molecule has 0 aliphatic heterocycles. The van der Waals surface area contributed by atoms with Crippen molar-refractivity contribution >= 4 is 0 Å². The Bertz CT molecular complexity index is 384. The quantitative estimate of drug-likeness (QED) is 0.767. The summed E-state index contributed by atoms with van der Waals surface area (Å²) < 4.78 is 5.42. The maximum Gasteiger partial charge on any atom is 0.174 e. The Morgan fingerprint density at radius 2 is 1.94 bits per heavy atom. The van der Waals surface area contributed by atoms with Crippen LogP contribution in [0.3, 0.4) is 0 Å². The lowest BCUT2D eigenvalue weighted by Crippen LogP contribution is -2.14. The molecule has 1 aromatic carbocycles. The molecule has 1 N–H and O–H groups in total. The summed E-state index contributed by atoms with van der Waals surface area (Å²) in [6.07, 6.45) is 1.14. The van der Waals surface area contributed by atoms with E-state index in [9.17, 15) is 0 Å². The normalized spacial score (nSPS) is 10.0. The highest BCUT2D eigenvalue weighted by Crippen LogP contribution is 2.24. The molecule has 1 rings (SSSR count). The lowest BCUT2D eigenvalue weighted by molar-refractivity contribution is 0.362. The van der Waals surface area contributed by atoms with Gasteiger partial charge in [0.1, 0.15) is 11.8 Å². The standard InChI is InChI=1S/C14H20N2O/c1-4-6-16-10-13-8-11(2)14(12(3)9-13)17-7-5-15/h8-9,16H,4,6-7,10H2,1-3H3. The number of rotatable bonds is 6. The SMILES string of the molecule is CCCNCc1cc(C)c(OCC#N)c(C)c1. The molecule has 0 spiro atoms. The van der Waals surface area contributed by atoms with Gasteiger partial charge in [-0.2, -0.15) is 5.26 Å². The molecule has 3 nitrogen and oxygen atoms in total. The van der Waals surface area contributed by atoms with Crippen LogP contribution in [0.5, 0.6) is 5.75 Å². The van der Waals surface area contributed by atoms with Crippen molar-refractivity contribution in [2.45, 2.75) is 33.7 Å². The third-order valence-electron chi connectivity index (χ3n) is 2.56. The second kappa shape index (κ2) is 6.93. The Morgan fingerprint density at radius 1 is 1.29 bits per heavy atom. The number of hydrogen-bond acceptors (Lipinski definition) is 3. The minimum atomic E-state index is 0.106. The molecule has 0 aromatic heterocycles. The van der Waals surface area contributed by atoms with Gasteiger partial charge in [0.25, 0.3) is 0 Å². The van der Waals surface area contributed by atoms with E-state index in [1.807, 2.05) is 19.9 Å². The zero-order valence-corrected chi connectivity index (χ0v) is 10.8. The lowest BCUT2D eigenvalue weighted by Gasteiger charge is -2.12. The van der Waals surface area contributed by atoms with Crippen molar-refractivity contribution in [3.63, 3.8) is 0 Å². The number of ether oxygens (including phenoxy) is 1. The summed E-state index contributed by atoms with van der Waals surface area (Å²) in [6.45, 7) is 8.21. The number of benzene rings is 1. The molecule has 92 valence electrons. The van der Waals surface area contributed by atoms with Crippen LogP contribution < -0.4 is 10.1 Å². The largest absolute Gasteiger partial charge is 0.478 e. The Morgan fingerprint density at radius 3 is 2.47 bits per heavy atom. The van der Waals surface area contributed by atoms with Crippen molar-refractivity contribution in [2.75, 3.05) is 13.2 Å². The van der Waals surface area contributed by atoms with Gasteiger partial charge in [0.05, 0.1) is 0 Å². The first-order chi connectivity index (χ1) is 8.19. The molecule has 0 bridgehead atoms. The van der Waals surface area contributed by atoms with Gasteiger partial charge in [0.15, 0.2) is 6.61 Å². The highest BCUT2D eigenvalue weighted by atomic mass is 16.5. The summed E-state index contributed by atoms with van der Waals surface area (Å²) in [6, 6.07) is 6.22. The zero-order valence-electron chi connectivity index (χ0n) is 10.8. The van der Waals surface area contributed by atoms with E-state index in [2.05, 4.69) is 24.4 Å². The average molecular weight is 232 g/mol. The summed E-state index contributed by atoms with van der Waals surface area (Å²) in [5.41, 5.74) is 3.44. The van der Waals surface area contributed by atoms with Crippen LogP contribution in [0.15, 0.2) is 12.1 Å². The fraction of sp³-hybridized carbons (Fsp3) is 0.500. The first-order valence-electron chi connectivity index (χ1n) is 5.99. The van der Waals surface area contributed by atoms with Crippen molar-refractivity contribution in [3.8, 4) is 11.8 Å². The Kier molecular flexibility index (Phi) is 5.51. The van der Waals surface area contributed by atoms with Crippen molar-refractivity contribution < 1.29 is 4.74 Å². The molecule has 0 saturated heterocycles.